The third-order valence-electron chi connectivity index (χ3n) is 4.37. The molecule has 3 rings (SSSR count). The molecule has 1 amide bonds. The highest BCUT2D eigenvalue weighted by molar-refractivity contribution is 7.99. The Balaban J connectivity index is 2.05. The topological polar surface area (TPSA) is 70.7 Å². The van der Waals surface area contributed by atoms with Gasteiger partial charge in [0, 0.05) is 28.8 Å². The molecule has 0 spiro atoms. The Morgan fingerprint density at radius 3 is 2.53 bits per heavy atom. The molecule has 3 aromatic rings. The van der Waals surface area contributed by atoms with Crippen LogP contribution in [0.1, 0.15) is 25.8 Å². The summed E-state index contributed by atoms with van der Waals surface area (Å²) in [6, 6.07) is 20.0. The number of carbonyl (C=O) groups is 1. The van der Waals surface area contributed by atoms with Crippen molar-refractivity contribution in [2.24, 2.45) is 0 Å². The van der Waals surface area contributed by atoms with Crippen molar-refractivity contribution in [3.8, 4) is 23.0 Å². The summed E-state index contributed by atoms with van der Waals surface area (Å²) in [6.07, 6.45) is 4.58. The van der Waals surface area contributed by atoms with Crippen molar-refractivity contribution in [3.63, 3.8) is 0 Å². The summed E-state index contributed by atoms with van der Waals surface area (Å²) >= 11 is 1.82. The van der Waals surface area contributed by atoms with Gasteiger partial charge in [0.25, 0.3) is 5.91 Å². The lowest BCUT2D eigenvalue weighted by Crippen LogP contribution is -2.23. The molecule has 0 aliphatic carbocycles. The van der Waals surface area contributed by atoms with Gasteiger partial charge in [0.1, 0.15) is 11.6 Å². The molecular formula is C24H24N4OS. The highest BCUT2D eigenvalue weighted by Crippen LogP contribution is 2.28. The van der Waals surface area contributed by atoms with Crippen LogP contribution in [0, 0.1) is 11.3 Å². The van der Waals surface area contributed by atoms with Crippen molar-refractivity contribution in [3.05, 3.63) is 71.9 Å². The molecule has 0 atom stereocenters. The molecule has 1 aromatic heterocycles. The Morgan fingerprint density at radius 1 is 1.17 bits per heavy atom. The van der Waals surface area contributed by atoms with E-state index in [1.165, 1.54) is 4.90 Å². The van der Waals surface area contributed by atoms with Gasteiger partial charge in [0.05, 0.1) is 11.4 Å². The minimum Gasteiger partial charge on any atom is -0.352 e. The van der Waals surface area contributed by atoms with E-state index in [1.54, 1.807) is 10.8 Å². The summed E-state index contributed by atoms with van der Waals surface area (Å²) in [7, 11) is 0. The van der Waals surface area contributed by atoms with E-state index < -0.39 is 0 Å². The molecule has 0 saturated carbocycles. The summed E-state index contributed by atoms with van der Waals surface area (Å²) in [5.74, 6) is 0.693. The van der Waals surface area contributed by atoms with Gasteiger partial charge >= 0.3 is 0 Å². The number of rotatable bonds is 8. The van der Waals surface area contributed by atoms with E-state index in [0.717, 1.165) is 34.7 Å². The number of likely N-dealkylation sites (N-methyl/N-ethyl adjacent to an activating group) is 1. The summed E-state index contributed by atoms with van der Waals surface area (Å²) < 4.78 is 1.77. The third-order valence-corrected chi connectivity index (χ3v) is 5.58. The third kappa shape index (κ3) is 5.19. The number of nitriles is 1. The zero-order valence-corrected chi connectivity index (χ0v) is 17.9. The van der Waals surface area contributed by atoms with Crippen molar-refractivity contribution in [1.29, 1.82) is 5.26 Å². The molecule has 0 unspecified atom stereocenters. The molecule has 6 heteroatoms. The Labute approximate surface area is 181 Å². The van der Waals surface area contributed by atoms with Gasteiger partial charge in [-0.1, -0.05) is 37.3 Å². The van der Waals surface area contributed by atoms with Gasteiger partial charge < -0.3 is 5.32 Å². The normalized spacial score (nSPS) is 11.2. The van der Waals surface area contributed by atoms with E-state index in [1.807, 2.05) is 73.4 Å². The Morgan fingerprint density at radius 2 is 1.90 bits per heavy atom. The van der Waals surface area contributed by atoms with E-state index in [0.29, 0.717) is 6.54 Å². The molecule has 0 aliphatic rings. The van der Waals surface area contributed by atoms with Gasteiger partial charge in [-0.25, -0.2) is 4.68 Å². The fraction of sp³-hybridized carbons (Fsp3) is 0.208. The lowest BCUT2D eigenvalue weighted by atomic mass is 10.1. The molecule has 1 N–H and O–H groups in total. The molecule has 0 aliphatic heterocycles. The minimum atomic E-state index is -0.385. The zero-order valence-electron chi connectivity index (χ0n) is 17.1. The molecule has 30 heavy (non-hydrogen) atoms. The highest BCUT2D eigenvalue weighted by atomic mass is 32.2. The van der Waals surface area contributed by atoms with Crippen LogP contribution in [-0.2, 0) is 4.79 Å². The maximum atomic E-state index is 12.2. The first kappa shape index (κ1) is 21.4. The molecule has 5 nitrogen and oxygen atoms in total. The average molecular weight is 417 g/mol. The molecule has 1 heterocycles. The van der Waals surface area contributed by atoms with Crippen molar-refractivity contribution >= 4 is 23.7 Å². The summed E-state index contributed by atoms with van der Waals surface area (Å²) in [5, 5.41) is 16.9. The van der Waals surface area contributed by atoms with Crippen LogP contribution in [0.4, 0.5) is 0 Å². The van der Waals surface area contributed by atoms with E-state index in [9.17, 15) is 10.1 Å². The van der Waals surface area contributed by atoms with E-state index >= 15 is 0 Å². The largest absolute Gasteiger partial charge is 0.352 e. The van der Waals surface area contributed by atoms with Gasteiger partial charge in [-0.05, 0) is 49.4 Å². The van der Waals surface area contributed by atoms with Gasteiger partial charge in [-0.15, -0.1) is 11.8 Å². The van der Waals surface area contributed by atoms with Crippen LogP contribution in [0.3, 0.4) is 0 Å². The smallest absolute Gasteiger partial charge is 0.261 e. The number of nitrogens with zero attached hydrogens (tertiary/aromatic N) is 3. The van der Waals surface area contributed by atoms with Crippen molar-refractivity contribution in [2.75, 3.05) is 12.3 Å². The quantitative estimate of drug-likeness (QED) is 0.316. The van der Waals surface area contributed by atoms with Crippen LogP contribution in [0.2, 0.25) is 0 Å². The minimum absolute atomic E-state index is 0.0563. The molecule has 0 radical (unpaired) electrons. The SMILES string of the molecule is CCCSc1ccc(-c2nn(-c3ccccc3)cc2/C=C(/C#N)C(=O)NCC)cc1. The van der Waals surface area contributed by atoms with Crippen molar-refractivity contribution < 1.29 is 4.79 Å². The molecule has 0 fully saturated rings. The fourth-order valence-corrected chi connectivity index (χ4v) is 3.69. The lowest BCUT2D eigenvalue weighted by molar-refractivity contribution is -0.116. The molecule has 152 valence electrons. The molecular weight excluding hydrogens is 392 g/mol. The van der Waals surface area contributed by atoms with E-state index in [2.05, 4.69) is 24.4 Å². The number of aromatic nitrogens is 2. The number of carbonyl (C=O) groups excluding carboxylic acids is 1. The summed E-state index contributed by atoms with van der Waals surface area (Å²) in [5.41, 5.74) is 3.34. The monoisotopic (exact) mass is 416 g/mol. The van der Waals surface area contributed by atoms with E-state index in [-0.39, 0.29) is 11.5 Å². The number of hydrogen-bond donors (Lipinski definition) is 1. The second-order valence-corrected chi connectivity index (χ2v) is 7.78. The van der Waals surface area contributed by atoms with Crippen LogP contribution in [0.15, 0.2) is 71.3 Å². The molecule has 0 bridgehead atoms. The van der Waals surface area contributed by atoms with Crippen LogP contribution in [0.25, 0.3) is 23.0 Å². The second-order valence-electron chi connectivity index (χ2n) is 6.62. The maximum absolute atomic E-state index is 12.2. The number of amides is 1. The Kier molecular flexibility index (Phi) is 7.47. The van der Waals surface area contributed by atoms with Gasteiger partial charge in [0.2, 0.25) is 0 Å². The predicted molar refractivity (Wildman–Crippen MR) is 122 cm³/mol. The summed E-state index contributed by atoms with van der Waals surface area (Å²) in [6.45, 7) is 4.45. The lowest BCUT2D eigenvalue weighted by Gasteiger charge is -2.04. The first-order chi connectivity index (χ1) is 14.7. The van der Waals surface area contributed by atoms with Crippen molar-refractivity contribution in [2.45, 2.75) is 25.2 Å². The van der Waals surface area contributed by atoms with Crippen LogP contribution >= 0.6 is 11.8 Å². The van der Waals surface area contributed by atoms with Gasteiger partial charge in [-0.2, -0.15) is 10.4 Å². The average Bonchev–Trinajstić information content (AvgIpc) is 3.21. The fourth-order valence-electron chi connectivity index (χ4n) is 2.92. The number of thioether (sulfide) groups is 1. The predicted octanol–water partition coefficient (Wildman–Crippen LogP) is 5.08. The molecule has 2 aromatic carbocycles. The van der Waals surface area contributed by atoms with Gasteiger partial charge in [-0.3, -0.25) is 4.79 Å². The maximum Gasteiger partial charge on any atom is 0.261 e. The number of para-hydroxylation sites is 1. The highest BCUT2D eigenvalue weighted by Gasteiger charge is 2.15. The number of hydrogen-bond acceptors (Lipinski definition) is 4. The molecule has 0 saturated heterocycles. The van der Waals surface area contributed by atoms with Gasteiger partial charge in [0.15, 0.2) is 0 Å². The van der Waals surface area contributed by atoms with Crippen LogP contribution < -0.4 is 5.32 Å². The zero-order chi connectivity index (χ0) is 21.3. The number of nitrogens with one attached hydrogen (secondary N) is 1. The van der Waals surface area contributed by atoms with E-state index in [4.69, 9.17) is 5.10 Å². The Hall–Kier alpha value is -3.30. The van der Waals surface area contributed by atoms with Crippen molar-refractivity contribution in [1.82, 2.24) is 15.1 Å². The van der Waals surface area contributed by atoms with Crippen LogP contribution in [-0.4, -0.2) is 28.0 Å². The summed E-state index contributed by atoms with van der Waals surface area (Å²) in [4.78, 5) is 13.4. The first-order valence-electron chi connectivity index (χ1n) is 9.94. The second kappa shape index (κ2) is 10.5. The van der Waals surface area contributed by atoms with Crippen LogP contribution in [0.5, 0.6) is 0 Å². The first-order valence-corrected chi connectivity index (χ1v) is 10.9. The standard InChI is InChI=1S/C24H24N4OS/c1-3-14-30-22-12-10-18(11-13-22)23-20(15-19(16-25)24(29)26-4-2)17-28(27-23)21-8-6-5-7-9-21/h5-13,15,17H,3-4,14H2,1-2H3,(H,26,29)/b19-15-. The Bertz CT molecular complexity index is 1060. The number of benzene rings is 2.